The number of carbonyl (C=O) groups excluding carboxylic acids is 1. The number of aromatic carboxylic acids is 1. The van der Waals surface area contributed by atoms with Crippen LogP contribution in [-0.4, -0.2) is 21.8 Å². The van der Waals surface area contributed by atoms with E-state index >= 15 is 0 Å². The molecule has 0 saturated heterocycles. The summed E-state index contributed by atoms with van der Waals surface area (Å²) in [5, 5.41) is 9.80. The van der Waals surface area contributed by atoms with Gasteiger partial charge >= 0.3 is 5.97 Å². The lowest BCUT2D eigenvalue weighted by atomic mass is 9.98. The summed E-state index contributed by atoms with van der Waals surface area (Å²) in [6.07, 6.45) is 0. The first kappa shape index (κ1) is 14.8. The van der Waals surface area contributed by atoms with Gasteiger partial charge in [-0.25, -0.2) is 14.2 Å². The van der Waals surface area contributed by atoms with Crippen molar-refractivity contribution in [1.82, 2.24) is 4.98 Å². The second-order valence-electron chi connectivity index (χ2n) is 5.16. The molecule has 0 amide bonds. The van der Waals surface area contributed by atoms with E-state index in [4.69, 9.17) is 5.11 Å². The lowest BCUT2D eigenvalue weighted by Crippen LogP contribution is -2.01. The number of hydrogen-bond acceptors (Lipinski definition) is 3. The summed E-state index contributed by atoms with van der Waals surface area (Å²) in [5.41, 5.74) is 2.17. The van der Waals surface area contributed by atoms with Gasteiger partial charge in [0.15, 0.2) is 5.78 Å². The third kappa shape index (κ3) is 2.81. The fourth-order valence-electron chi connectivity index (χ4n) is 2.41. The lowest BCUT2D eigenvalue weighted by Gasteiger charge is -2.09. The topological polar surface area (TPSA) is 67.3 Å². The van der Waals surface area contributed by atoms with Crippen LogP contribution in [0.3, 0.4) is 0 Å². The number of pyridine rings is 1. The highest BCUT2D eigenvalue weighted by atomic mass is 19.1. The zero-order valence-corrected chi connectivity index (χ0v) is 12.2. The van der Waals surface area contributed by atoms with Crippen molar-refractivity contribution in [2.24, 2.45) is 0 Å². The quantitative estimate of drug-likeness (QED) is 0.744. The molecule has 4 nitrogen and oxygen atoms in total. The third-order valence-corrected chi connectivity index (χ3v) is 3.57. The number of benzene rings is 2. The summed E-state index contributed by atoms with van der Waals surface area (Å²) in [6, 6.07) is 12.1. The van der Waals surface area contributed by atoms with Crippen LogP contribution in [0, 0.1) is 5.82 Å². The molecule has 0 unspecified atom stereocenters. The maximum Gasteiger partial charge on any atom is 0.335 e. The molecule has 3 rings (SSSR count). The lowest BCUT2D eigenvalue weighted by molar-refractivity contribution is 0.0697. The molecule has 0 bridgehead atoms. The summed E-state index contributed by atoms with van der Waals surface area (Å²) in [4.78, 5) is 27.1. The average molecular weight is 309 g/mol. The van der Waals surface area contributed by atoms with Gasteiger partial charge in [0.2, 0.25) is 0 Å². The zero-order valence-electron chi connectivity index (χ0n) is 12.2. The minimum atomic E-state index is -1.06. The fourth-order valence-corrected chi connectivity index (χ4v) is 2.41. The highest BCUT2D eigenvalue weighted by molar-refractivity contribution is 6.03. The largest absolute Gasteiger partial charge is 0.478 e. The van der Waals surface area contributed by atoms with Crippen molar-refractivity contribution in [2.45, 2.75) is 6.92 Å². The molecule has 23 heavy (non-hydrogen) atoms. The van der Waals surface area contributed by atoms with Gasteiger partial charge in [-0.3, -0.25) is 4.79 Å². The van der Waals surface area contributed by atoms with Crippen molar-refractivity contribution < 1.29 is 19.1 Å². The summed E-state index contributed by atoms with van der Waals surface area (Å²) in [5.74, 6) is -1.65. The van der Waals surface area contributed by atoms with Crippen LogP contribution in [0.5, 0.6) is 0 Å². The SMILES string of the molecule is CC(=O)c1cc(-c2ccc(F)cc2)c2ccc(C(=O)O)cc2n1. The molecule has 0 aliphatic rings. The molecule has 0 aliphatic carbocycles. The highest BCUT2D eigenvalue weighted by Gasteiger charge is 2.13. The highest BCUT2D eigenvalue weighted by Crippen LogP contribution is 2.29. The molecular formula is C18H12FNO3. The summed E-state index contributed by atoms with van der Waals surface area (Å²) >= 11 is 0. The summed E-state index contributed by atoms with van der Waals surface area (Å²) in [7, 11) is 0. The van der Waals surface area contributed by atoms with Gasteiger partial charge in [-0.1, -0.05) is 18.2 Å². The number of halogens is 1. The Morgan fingerprint density at radius 2 is 1.74 bits per heavy atom. The third-order valence-electron chi connectivity index (χ3n) is 3.57. The van der Waals surface area contributed by atoms with Crippen molar-refractivity contribution in [3.05, 3.63) is 65.6 Å². The molecule has 0 atom stereocenters. The van der Waals surface area contributed by atoms with Crippen molar-refractivity contribution >= 4 is 22.7 Å². The minimum Gasteiger partial charge on any atom is -0.478 e. The van der Waals surface area contributed by atoms with E-state index in [-0.39, 0.29) is 22.9 Å². The van der Waals surface area contributed by atoms with Gasteiger partial charge in [-0.15, -0.1) is 0 Å². The summed E-state index contributed by atoms with van der Waals surface area (Å²) < 4.78 is 13.1. The Kier molecular flexibility index (Phi) is 3.62. The Morgan fingerprint density at radius 1 is 1.04 bits per heavy atom. The van der Waals surface area contributed by atoms with E-state index < -0.39 is 5.97 Å². The number of rotatable bonds is 3. The number of Topliss-reactive ketones (excluding diaryl/α,β-unsaturated/α-hetero) is 1. The molecule has 1 N–H and O–H groups in total. The molecule has 0 radical (unpaired) electrons. The first-order valence-electron chi connectivity index (χ1n) is 6.90. The molecule has 0 spiro atoms. The van der Waals surface area contributed by atoms with E-state index in [2.05, 4.69) is 4.98 Å². The minimum absolute atomic E-state index is 0.0933. The molecule has 5 heteroatoms. The Balaban J connectivity index is 2.32. The number of aromatic nitrogens is 1. The van der Waals surface area contributed by atoms with Crippen LogP contribution >= 0.6 is 0 Å². The second kappa shape index (κ2) is 5.61. The van der Waals surface area contributed by atoms with Crippen LogP contribution in [-0.2, 0) is 0 Å². The van der Waals surface area contributed by atoms with Gasteiger partial charge in [0.05, 0.1) is 11.1 Å². The number of fused-ring (bicyclic) bond motifs is 1. The van der Waals surface area contributed by atoms with Crippen LogP contribution in [0.25, 0.3) is 22.0 Å². The predicted molar refractivity (Wildman–Crippen MR) is 84.1 cm³/mol. The van der Waals surface area contributed by atoms with Gasteiger partial charge < -0.3 is 5.11 Å². The van der Waals surface area contributed by atoms with Crippen molar-refractivity contribution in [3.8, 4) is 11.1 Å². The van der Waals surface area contributed by atoms with Crippen LogP contribution in [0.15, 0.2) is 48.5 Å². The van der Waals surface area contributed by atoms with Gasteiger partial charge in [-0.2, -0.15) is 0 Å². The zero-order chi connectivity index (χ0) is 16.6. The Labute approximate surface area is 131 Å². The van der Waals surface area contributed by atoms with Crippen LogP contribution in [0.4, 0.5) is 4.39 Å². The Bertz CT molecular complexity index is 928. The smallest absolute Gasteiger partial charge is 0.335 e. The number of hydrogen-bond donors (Lipinski definition) is 1. The van der Waals surface area contributed by atoms with Gasteiger partial charge in [0, 0.05) is 12.3 Å². The second-order valence-corrected chi connectivity index (χ2v) is 5.16. The Hall–Kier alpha value is -3.08. The van der Waals surface area contributed by atoms with E-state index in [0.29, 0.717) is 16.5 Å². The molecule has 3 aromatic rings. The molecule has 2 aromatic carbocycles. The normalized spacial score (nSPS) is 10.7. The average Bonchev–Trinajstić information content (AvgIpc) is 2.53. The predicted octanol–water partition coefficient (Wildman–Crippen LogP) is 3.94. The van der Waals surface area contributed by atoms with E-state index in [1.165, 1.54) is 31.2 Å². The number of carboxylic acid groups (broad SMARTS) is 1. The number of carboxylic acids is 1. The molecule has 1 aromatic heterocycles. The Morgan fingerprint density at radius 3 is 2.35 bits per heavy atom. The first-order chi connectivity index (χ1) is 11.0. The molecule has 0 aliphatic heterocycles. The molecule has 0 fully saturated rings. The van der Waals surface area contributed by atoms with E-state index in [1.807, 2.05) is 0 Å². The molecular weight excluding hydrogens is 297 g/mol. The maximum atomic E-state index is 13.1. The van der Waals surface area contributed by atoms with E-state index in [1.54, 1.807) is 24.3 Å². The fraction of sp³-hybridized carbons (Fsp3) is 0.0556. The molecule has 0 saturated carbocycles. The van der Waals surface area contributed by atoms with Gasteiger partial charge in [-0.05, 0) is 41.5 Å². The number of carbonyl (C=O) groups is 2. The van der Waals surface area contributed by atoms with Crippen molar-refractivity contribution in [1.29, 1.82) is 0 Å². The standard InChI is InChI=1S/C18H12FNO3/c1-10(21)16-9-15(11-2-5-13(19)6-3-11)14-7-4-12(18(22)23)8-17(14)20-16/h2-9H,1H3,(H,22,23). The maximum absolute atomic E-state index is 13.1. The van der Waals surface area contributed by atoms with Crippen molar-refractivity contribution in [2.75, 3.05) is 0 Å². The van der Waals surface area contributed by atoms with Crippen LogP contribution in [0.2, 0.25) is 0 Å². The summed E-state index contributed by atoms with van der Waals surface area (Å²) in [6.45, 7) is 1.39. The van der Waals surface area contributed by atoms with E-state index in [0.717, 1.165) is 5.56 Å². The molecule has 1 heterocycles. The monoisotopic (exact) mass is 309 g/mol. The van der Waals surface area contributed by atoms with Gasteiger partial charge in [0.1, 0.15) is 11.5 Å². The number of ketones is 1. The van der Waals surface area contributed by atoms with E-state index in [9.17, 15) is 14.0 Å². The van der Waals surface area contributed by atoms with Gasteiger partial charge in [0.25, 0.3) is 0 Å². The van der Waals surface area contributed by atoms with Crippen LogP contribution in [0.1, 0.15) is 27.8 Å². The van der Waals surface area contributed by atoms with Crippen molar-refractivity contribution in [3.63, 3.8) is 0 Å². The molecule has 114 valence electrons. The number of nitrogens with zero attached hydrogens (tertiary/aromatic N) is 1. The van der Waals surface area contributed by atoms with Crippen LogP contribution < -0.4 is 0 Å². The first-order valence-corrected chi connectivity index (χ1v) is 6.90.